The Bertz CT molecular complexity index is 902. The highest BCUT2D eigenvalue weighted by Crippen LogP contribution is 2.38. The van der Waals surface area contributed by atoms with Gasteiger partial charge in [-0.3, -0.25) is 9.59 Å². The van der Waals surface area contributed by atoms with Gasteiger partial charge in [0.25, 0.3) is 11.8 Å². The minimum absolute atomic E-state index is 0.126. The van der Waals surface area contributed by atoms with Gasteiger partial charge in [0, 0.05) is 16.3 Å². The average Bonchev–Trinajstić information content (AvgIpc) is 2.74. The van der Waals surface area contributed by atoms with Crippen molar-refractivity contribution in [2.24, 2.45) is 0 Å². The first kappa shape index (κ1) is 19.3. The van der Waals surface area contributed by atoms with Crippen molar-refractivity contribution in [3.05, 3.63) is 57.6 Å². The zero-order chi connectivity index (χ0) is 19.8. The number of ether oxygens (including phenoxy) is 1. The second-order valence-electron chi connectivity index (χ2n) is 5.66. The van der Waals surface area contributed by atoms with Gasteiger partial charge in [0.1, 0.15) is 11.8 Å². The number of benzene rings is 2. The van der Waals surface area contributed by atoms with Crippen LogP contribution < -0.4 is 15.4 Å². The van der Waals surface area contributed by atoms with E-state index in [1.807, 2.05) is 0 Å². The first-order chi connectivity index (χ1) is 12.6. The fourth-order valence-corrected chi connectivity index (χ4v) is 3.09. The summed E-state index contributed by atoms with van der Waals surface area (Å²) in [6.07, 6.45) is -4.48. The molecule has 0 saturated carbocycles. The first-order valence-corrected chi connectivity index (χ1v) is 8.30. The van der Waals surface area contributed by atoms with Crippen LogP contribution in [-0.2, 0) is 15.8 Å². The van der Waals surface area contributed by atoms with E-state index in [-0.39, 0.29) is 33.7 Å². The third kappa shape index (κ3) is 4.28. The largest absolute Gasteiger partial charge is 0.482 e. The van der Waals surface area contributed by atoms with Crippen molar-refractivity contribution in [1.29, 1.82) is 0 Å². The highest BCUT2D eigenvalue weighted by atomic mass is 35.5. The van der Waals surface area contributed by atoms with Crippen LogP contribution in [0.5, 0.6) is 5.75 Å². The third-order valence-electron chi connectivity index (χ3n) is 3.74. The van der Waals surface area contributed by atoms with Crippen molar-refractivity contribution in [2.45, 2.75) is 12.2 Å². The van der Waals surface area contributed by atoms with E-state index < -0.39 is 29.6 Å². The number of alkyl halides is 3. The summed E-state index contributed by atoms with van der Waals surface area (Å²) < 4.78 is 43.2. The molecule has 1 aliphatic rings. The molecule has 1 atom stereocenters. The molecule has 0 radical (unpaired) electrons. The van der Waals surface area contributed by atoms with Crippen molar-refractivity contribution >= 4 is 40.7 Å². The maximum atomic E-state index is 12.6. The Balaban J connectivity index is 1.89. The Hall–Kier alpha value is -2.45. The minimum atomic E-state index is -4.48. The number of anilines is 1. The van der Waals surface area contributed by atoms with Crippen molar-refractivity contribution in [1.82, 2.24) is 5.32 Å². The van der Waals surface area contributed by atoms with E-state index in [2.05, 4.69) is 10.6 Å². The number of rotatable bonds is 2. The molecule has 1 heterocycles. The van der Waals surface area contributed by atoms with Crippen LogP contribution in [-0.4, -0.2) is 18.4 Å². The Labute approximate surface area is 161 Å². The molecule has 0 saturated heterocycles. The van der Waals surface area contributed by atoms with Crippen LogP contribution in [0.1, 0.15) is 17.2 Å². The standard InChI is InChI=1S/C17H11Cl2F3N2O3/c18-9-5-11-14(24-13(25)7-27-15(11)12(19)6-9)16(26)23-10-3-1-8(2-4-10)17(20,21)22/h1-6,14H,7H2,(H,23,26)(H,24,25). The Morgan fingerprint density at radius 2 is 1.85 bits per heavy atom. The molecule has 0 aromatic heterocycles. The zero-order valence-corrected chi connectivity index (χ0v) is 14.9. The van der Waals surface area contributed by atoms with Crippen molar-refractivity contribution in [3.8, 4) is 5.75 Å². The lowest BCUT2D eigenvalue weighted by molar-refractivity contribution is -0.137. The molecule has 2 amide bonds. The van der Waals surface area contributed by atoms with E-state index >= 15 is 0 Å². The van der Waals surface area contributed by atoms with Crippen LogP contribution in [0.25, 0.3) is 0 Å². The average molecular weight is 419 g/mol. The van der Waals surface area contributed by atoms with Gasteiger partial charge in [-0.15, -0.1) is 0 Å². The molecular formula is C17H11Cl2F3N2O3. The van der Waals surface area contributed by atoms with Crippen LogP contribution in [0, 0.1) is 0 Å². The van der Waals surface area contributed by atoms with Gasteiger partial charge in [-0.25, -0.2) is 0 Å². The molecule has 5 nitrogen and oxygen atoms in total. The number of halogens is 5. The Morgan fingerprint density at radius 1 is 1.19 bits per heavy atom. The number of fused-ring (bicyclic) bond motifs is 1. The Morgan fingerprint density at radius 3 is 2.48 bits per heavy atom. The highest BCUT2D eigenvalue weighted by Gasteiger charge is 2.32. The molecule has 0 spiro atoms. The summed E-state index contributed by atoms with van der Waals surface area (Å²) >= 11 is 12.0. The van der Waals surface area contributed by atoms with Gasteiger partial charge in [0.15, 0.2) is 6.61 Å². The maximum absolute atomic E-state index is 12.6. The van der Waals surface area contributed by atoms with Gasteiger partial charge in [0.05, 0.1) is 10.6 Å². The molecule has 1 aliphatic heterocycles. The number of amides is 2. The second kappa shape index (κ2) is 7.28. The van der Waals surface area contributed by atoms with Crippen molar-refractivity contribution < 1.29 is 27.5 Å². The lowest BCUT2D eigenvalue weighted by Crippen LogP contribution is -2.37. The van der Waals surface area contributed by atoms with Crippen LogP contribution >= 0.6 is 23.2 Å². The van der Waals surface area contributed by atoms with Gasteiger partial charge in [-0.2, -0.15) is 13.2 Å². The molecular weight excluding hydrogens is 408 g/mol. The topological polar surface area (TPSA) is 67.4 Å². The third-order valence-corrected chi connectivity index (χ3v) is 4.24. The first-order valence-electron chi connectivity index (χ1n) is 7.54. The lowest BCUT2D eigenvalue weighted by atomic mass is 10.0. The molecule has 1 unspecified atom stereocenters. The van der Waals surface area contributed by atoms with E-state index in [4.69, 9.17) is 27.9 Å². The van der Waals surface area contributed by atoms with E-state index in [0.29, 0.717) is 0 Å². The summed E-state index contributed by atoms with van der Waals surface area (Å²) in [4.78, 5) is 24.5. The molecule has 0 bridgehead atoms. The number of hydrogen-bond donors (Lipinski definition) is 2. The van der Waals surface area contributed by atoms with Crippen molar-refractivity contribution in [3.63, 3.8) is 0 Å². The minimum Gasteiger partial charge on any atom is -0.482 e. The van der Waals surface area contributed by atoms with Crippen LogP contribution in [0.15, 0.2) is 36.4 Å². The highest BCUT2D eigenvalue weighted by molar-refractivity contribution is 6.35. The van der Waals surface area contributed by atoms with Gasteiger partial charge < -0.3 is 15.4 Å². The van der Waals surface area contributed by atoms with Gasteiger partial charge in [0.2, 0.25) is 0 Å². The smallest absolute Gasteiger partial charge is 0.416 e. The zero-order valence-electron chi connectivity index (χ0n) is 13.4. The fraction of sp³-hybridized carbons (Fsp3) is 0.176. The fourth-order valence-electron chi connectivity index (χ4n) is 2.53. The molecule has 0 fully saturated rings. The molecule has 0 aliphatic carbocycles. The van der Waals surface area contributed by atoms with E-state index in [0.717, 1.165) is 24.3 Å². The van der Waals surface area contributed by atoms with Crippen LogP contribution in [0.4, 0.5) is 18.9 Å². The summed E-state index contributed by atoms with van der Waals surface area (Å²) in [5, 5.41) is 5.28. The predicted molar refractivity (Wildman–Crippen MR) is 92.9 cm³/mol. The number of hydrogen-bond acceptors (Lipinski definition) is 3. The molecule has 142 valence electrons. The summed E-state index contributed by atoms with van der Waals surface area (Å²) in [5.74, 6) is -1.12. The molecule has 2 aromatic carbocycles. The van der Waals surface area contributed by atoms with Crippen molar-refractivity contribution in [2.75, 3.05) is 11.9 Å². The second-order valence-corrected chi connectivity index (χ2v) is 6.50. The molecule has 2 N–H and O–H groups in total. The molecule has 10 heteroatoms. The van der Waals surface area contributed by atoms with Crippen LogP contribution in [0.2, 0.25) is 10.0 Å². The van der Waals surface area contributed by atoms with Gasteiger partial charge >= 0.3 is 6.18 Å². The van der Waals surface area contributed by atoms with E-state index in [1.165, 1.54) is 12.1 Å². The SMILES string of the molecule is O=C1COc2c(Cl)cc(Cl)cc2C(C(=O)Nc2ccc(C(F)(F)F)cc2)N1. The number of nitrogens with one attached hydrogen (secondary N) is 2. The number of carbonyl (C=O) groups is 2. The summed E-state index contributed by atoms with van der Waals surface area (Å²) in [5.41, 5.74) is -0.481. The molecule has 2 aromatic rings. The summed E-state index contributed by atoms with van der Waals surface area (Å²) in [6.45, 7) is -0.349. The van der Waals surface area contributed by atoms with E-state index in [9.17, 15) is 22.8 Å². The quantitative estimate of drug-likeness (QED) is 0.767. The van der Waals surface area contributed by atoms with Gasteiger partial charge in [-0.05, 0) is 36.4 Å². The molecule has 3 rings (SSSR count). The molecule has 27 heavy (non-hydrogen) atoms. The summed E-state index contributed by atoms with van der Waals surface area (Å²) in [7, 11) is 0. The normalized spacial score (nSPS) is 16.6. The predicted octanol–water partition coefficient (Wildman–Crippen LogP) is 4.20. The number of carbonyl (C=O) groups excluding carboxylic acids is 2. The Kier molecular flexibility index (Phi) is 5.21. The lowest BCUT2D eigenvalue weighted by Gasteiger charge is -2.18. The van der Waals surface area contributed by atoms with E-state index in [1.54, 1.807) is 0 Å². The van der Waals surface area contributed by atoms with Gasteiger partial charge in [-0.1, -0.05) is 23.2 Å². The maximum Gasteiger partial charge on any atom is 0.416 e. The summed E-state index contributed by atoms with van der Waals surface area (Å²) in [6, 6.07) is 5.54. The van der Waals surface area contributed by atoms with Crippen LogP contribution in [0.3, 0.4) is 0 Å². The monoisotopic (exact) mass is 418 g/mol.